The first-order valence-corrected chi connectivity index (χ1v) is 6.34. The Kier molecular flexibility index (Phi) is 4.24. The minimum absolute atomic E-state index is 0.0765. The first-order chi connectivity index (χ1) is 9.06. The average molecular weight is 341 g/mol. The number of nitrogens with zero attached hydrogens (tertiary/aromatic N) is 3. The second-order valence-electron chi connectivity index (χ2n) is 3.57. The first kappa shape index (κ1) is 13.6. The fourth-order valence-electron chi connectivity index (χ4n) is 1.33. The predicted octanol–water partition coefficient (Wildman–Crippen LogP) is 5.43. The zero-order valence-corrected chi connectivity index (χ0v) is 11.8. The lowest BCUT2D eigenvalue weighted by Crippen LogP contribution is -1.87. The van der Waals surface area contributed by atoms with Crippen molar-refractivity contribution in [3.05, 3.63) is 62.1 Å². The Morgan fingerprint density at radius 3 is 2.26 bits per heavy atom. The quantitative estimate of drug-likeness (QED) is 0.425. The van der Waals surface area contributed by atoms with E-state index in [9.17, 15) is 10.1 Å². The van der Waals surface area contributed by atoms with Gasteiger partial charge in [0.25, 0.3) is 5.69 Å². The van der Waals surface area contributed by atoms with Gasteiger partial charge in [-0.15, -0.1) is 0 Å². The molecule has 0 aromatic heterocycles. The molecule has 96 valence electrons. The van der Waals surface area contributed by atoms with E-state index in [0.29, 0.717) is 11.4 Å². The average Bonchev–Trinajstić information content (AvgIpc) is 2.39. The Bertz CT molecular complexity index is 644. The molecule has 0 aliphatic heterocycles. The van der Waals surface area contributed by atoms with Gasteiger partial charge in [0.15, 0.2) is 0 Å². The van der Waals surface area contributed by atoms with E-state index in [4.69, 9.17) is 11.6 Å². The van der Waals surface area contributed by atoms with Crippen LogP contribution in [0.3, 0.4) is 0 Å². The summed E-state index contributed by atoms with van der Waals surface area (Å²) >= 11 is 9.02. The van der Waals surface area contributed by atoms with Crippen LogP contribution in [0.1, 0.15) is 0 Å². The summed E-state index contributed by atoms with van der Waals surface area (Å²) in [6.07, 6.45) is 0. The molecule has 0 aliphatic rings. The van der Waals surface area contributed by atoms with Gasteiger partial charge in [0.05, 0.1) is 16.3 Å². The molecule has 0 fully saturated rings. The largest absolute Gasteiger partial charge is 0.290 e. The molecule has 0 spiro atoms. The van der Waals surface area contributed by atoms with Crippen LogP contribution >= 0.6 is 27.5 Å². The maximum Gasteiger partial charge on any atom is 0.290 e. The molecule has 2 rings (SSSR count). The zero-order chi connectivity index (χ0) is 13.8. The maximum absolute atomic E-state index is 10.7. The molecule has 0 saturated carbocycles. The summed E-state index contributed by atoms with van der Waals surface area (Å²) < 4.78 is 0.939. The van der Waals surface area contributed by atoms with E-state index in [0.717, 1.165) is 4.47 Å². The fraction of sp³-hybridized carbons (Fsp3) is 0. The van der Waals surface area contributed by atoms with E-state index >= 15 is 0 Å². The molecule has 0 unspecified atom stereocenters. The lowest BCUT2D eigenvalue weighted by atomic mass is 10.3. The van der Waals surface area contributed by atoms with Crippen molar-refractivity contribution in [2.75, 3.05) is 0 Å². The number of rotatable bonds is 3. The number of azo groups is 1. The third kappa shape index (κ3) is 3.59. The van der Waals surface area contributed by atoms with E-state index in [-0.39, 0.29) is 10.7 Å². The molecule has 19 heavy (non-hydrogen) atoms. The van der Waals surface area contributed by atoms with Gasteiger partial charge in [-0.1, -0.05) is 27.5 Å². The van der Waals surface area contributed by atoms with Crippen molar-refractivity contribution in [1.29, 1.82) is 0 Å². The molecule has 0 amide bonds. The molecular weight excluding hydrogens is 334 g/mol. The molecule has 0 radical (unpaired) electrons. The van der Waals surface area contributed by atoms with Gasteiger partial charge < -0.3 is 0 Å². The topological polar surface area (TPSA) is 67.9 Å². The summed E-state index contributed by atoms with van der Waals surface area (Å²) in [5.74, 6) is 0. The number of nitro benzene ring substituents is 1. The molecule has 7 heteroatoms. The van der Waals surface area contributed by atoms with Crippen LogP contribution in [0.15, 0.2) is 57.2 Å². The van der Waals surface area contributed by atoms with E-state index in [2.05, 4.69) is 26.2 Å². The summed E-state index contributed by atoms with van der Waals surface area (Å²) in [7, 11) is 0. The Hall–Kier alpha value is -1.79. The summed E-state index contributed by atoms with van der Waals surface area (Å²) in [4.78, 5) is 10.2. The van der Waals surface area contributed by atoms with E-state index in [1.54, 1.807) is 18.2 Å². The lowest BCUT2D eigenvalue weighted by Gasteiger charge is -1.96. The summed E-state index contributed by atoms with van der Waals surface area (Å²) in [6, 6.07) is 11.5. The highest BCUT2D eigenvalue weighted by Crippen LogP contribution is 2.29. The van der Waals surface area contributed by atoms with Crippen LogP contribution in [0.5, 0.6) is 0 Å². The zero-order valence-electron chi connectivity index (χ0n) is 9.46. The molecule has 0 heterocycles. The first-order valence-electron chi connectivity index (χ1n) is 5.17. The predicted molar refractivity (Wildman–Crippen MR) is 76.4 cm³/mol. The normalized spacial score (nSPS) is 10.8. The van der Waals surface area contributed by atoms with Gasteiger partial charge in [0, 0.05) is 10.5 Å². The summed E-state index contributed by atoms with van der Waals surface area (Å²) in [5.41, 5.74) is 0.841. The third-order valence-electron chi connectivity index (χ3n) is 2.23. The standard InChI is InChI=1S/C12H7BrClN3O2/c13-8-1-3-9(4-2-8)15-16-10-5-6-11(14)12(7-10)17(18)19/h1-7H. The molecule has 0 aliphatic carbocycles. The van der Waals surface area contributed by atoms with Crippen LogP contribution in [0.4, 0.5) is 17.1 Å². The Labute approximate surface area is 122 Å². The van der Waals surface area contributed by atoms with Gasteiger partial charge in [-0.05, 0) is 36.4 Å². The molecule has 2 aromatic rings. The van der Waals surface area contributed by atoms with Crippen molar-refractivity contribution in [2.45, 2.75) is 0 Å². The second-order valence-corrected chi connectivity index (χ2v) is 4.89. The molecule has 0 N–H and O–H groups in total. The minimum atomic E-state index is -0.555. The van der Waals surface area contributed by atoms with Gasteiger partial charge >= 0.3 is 0 Å². The van der Waals surface area contributed by atoms with Crippen LogP contribution < -0.4 is 0 Å². The van der Waals surface area contributed by atoms with Gasteiger partial charge in [0.2, 0.25) is 0 Å². The summed E-state index contributed by atoms with van der Waals surface area (Å²) in [6.45, 7) is 0. The van der Waals surface area contributed by atoms with Gasteiger partial charge in [-0.25, -0.2) is 0 Å². The van der Waals surface area contributed by atoms with Gasteiger partial charge in [0.1, 0.15) is 5.02 Å². The number of hydrogen-bond acceptors (Lipinski definition) is 4. The SMILES string of the molecule is O=[N+]([O-])c1cc(N=Nc2ccc(Br)cc2)ccc1Cl. The van der Waals surface area contributed by atoms with Crippen LogP contribution in [0.2, 0.25) is 5.02 Å². The molecule has 0 atom stereocenters. The molecule has 2 aromatic carbocycles. The number of hydrogen-bond donors (Lipinski definition) is 0. The van der Waals surface area contributed by atoms with E-state index in [1.807, 2.05) is 12.1 Å². The minimum Gasteiger partial charge on any atom is -0.258 e. The number of benzene rings is 2. The molecule has 0 bridgehead atoms. The Morgan fingerprint density at radius 1 is 1.05 bits per heavy atom. The van der Waals surface area contributed by atoms with Crippen molar-refractivity contribution >= 4 is 44.6 Å². The molecule has 0 saturated heterocycles. The Morgan fingerprint density at radius 2 is 1.63 bits per heavy atom. The highest BCUT2D eigenvalue weighted by atomic mass is 79.9. The number of halogens is 2. The van der Waals surface area contributed by atoms with Crippen molar-refractivity contribution < 1.29 is 4.92 Å². The second kappa shape index (κ2) is 5.90. The van der Waals surface area contributed by atoms with Crippen molar-refractivity contribution in [1.82, 2.24) is 0 Å². The highest BCUT2D eigenvalue weighted by Gasteiger charge is 2.12. The van der Waals surface area contributed by atoms with Crippen molar-refractivity contribution in [3.8, 4) is 0 Å². The van der Waals surface area contributed by atoms with Crippen molar-refractivity contribution in [3.63, 3.8) is 0 Å². The van der Waals surface area contributed by atoms with Crippen LogP contribution in [-0.2, 0) is 0 Å². The third-order valence-corrected chi connectivity index (χ3v) is 3.08. The van der Waals surface area contributed by atoms with E-state index in [1.165, 1.54) is 12.1 Å². The maximum atomic E-state index is 10.7. The smallest absolute Gasteiger partial charge is 0.258 e. The monoisotopic (exact) mass is 339 g/mol. The van der Waals surface area contributed by atoms with Crippen LogP contribution in [-0.4, -0.2) is 4.92 Å². The van der Waals surface area contributed by atoms with Crippen molar-refractivity contribution in [2.24, 2.45) is 10.2 Å². The fourth-order valence-corrected chi connectivity index (χ4v) is 1.78. The van der Waals surface area contributed by atoms with Gasteiger partial charge in [-0.3, -0.25) is 10.1 Å². The van der Waals surface area contributed by atoms with E-state index < -0.39 is 4.92 Å². The molecule has 5 nitrogen and oxygen atoms in total. The van der Waals surface area contributed by atoms with Crippen LogP contribution in [0, 0.1) is 10.1 Å². The lowest BCUT2D eigenvalue weighted by molar-refractivity contribution is -0.384. The summed E-state index contributed by atoms with van der Waals surface area (Å²) in [5, 5.41) is 18.7. The number of nitro groups is 1. The molecular formula is C12H7BrClN3O2. The van der Waals surface area contributed by atoms with Gasteiger partial charge in [-0.2, -0.15) is 10.2 Å². The Balaban J connectivity index is 2.26. The highest BCUT2D eigenvalue weighted by molar-refractivity contribution is 9.10. The van der Waals surface area contributed by atoms with Crippen LogP contribution in [0.25, 0.3) is 0 Å².